The number of thiocarbonyl (C=S) groups is 1. The lowest BCUT2D eigenvalue weighted by Crippen LogP contribution is -2.32. The van der Waals surface area contributed by atoms with E-state index in [2.05, 4.69) is 10.6 Å². The van der Waals surface area contributed by atoms with Crippen LogP contribution in [0.3, 0.4) is 0 Å². The van der Waals surface area contributed by atoms with Gasteiger partial charge in [-0.1, -0.05) is 36.4 Å². The minimum Gasteiger partial charge on any atom is -0.387 e. The highest BCUT2D eigenvalue weighted by molar-refractivity contribution is 7.89. The predicted octanol–water partition coefficient (Wildman–Crippen LogP) is 1.96. The van der Waals surface area contributed by atoms with Crippen LogP contribution in [0.2, 0.25) is 0 Å². The molecule has 8 heteroatoms. The summed E-state index contributed by atoms with van der Waals surface area (Å²) in [6.07, 6.45) is -0.693. The molecule has 1 atom stereocenters. The Bertz CT molecular complexity index is 824. The van der Waals surface area contributed by atoms with E-state index in [9.17, 15) is 13.5 Å². The molecular formula is C17H21N3O3S2. The molecule has 2 aromatic carbocycles. The van der Waals surface area contributed by atoms with Gasteiger partial charge in [0.1, 0.15) is 0 Å². The highest BCUT2D eigenvalue weighted by atomic mass is 32.2. The van der Waals surface area contributed by atoms with Crippen molar-refractivity contribution in [1.29, 1.82) is 0 Å². The van der Waals surface area contributed by atoms with Gasteiger partial charge >= 0.3 is 0 Å². The summed E-state index contributed by atoms with van der Waals surface area (Å²) in [5.74, 6) is 0. The first-order valence-electron chi connectivity index (χ1n) is 7.61. The Hall–Kier alpha value is -2.00. The molecule has 0 fully saturated rings. The van der Waals surface area contributed by atoms with Crippen LogP contribution >= 0.6 is 12.2 Å². The van der Waals surface area contributed by atoms with Crippen LogP contribution in [0, 0.1) is 0 Å². The summed E-state index contributed by atoms with van der Waals surface area (Å²) in [4.78, 5) is 0.176. The molecule has 0 saturated heterocycles. The van der Waals surface area contributed by atoms with Crippen molar-refractivity contribution in [1.82, 2.24) is 9.62 Å². The number of hydrogen-bond donors (Lipinski definition) is 3. The zero-order valence-electron chi connectivity index (χ0n) is 14.0. The summed E-state index contributed by atoms with van der Waals surface area (Å²) in [5, 5.41) is 16.3. The van der Waals surface area contributed by atoms with Gasteiger partial charge in [0.2, 0.25) is 10.0 Å². The maximum Gasteiger partial charge on any atom is 0.242 e. The molecule has 0 aliphatic carbocycles. The average molecular weight is 380 g/mol. The van der Waals surface area contributed by atoms with Crippen LogP contribution in [0.25, 0.3) is 0 Å². The Morgan fingerprint density at radius 1 is 1.16 bits per heavy atom. The standard InChI is InChI=1S/C17H21N3O3S2/c1-20(2)25(22,23)15-10-6-9-14(11-15)19-17(24)18-12-16(21)13-7-4-3-5-8-13/h3-11,16,21H,12H2,1-2H3,(H2,18,19,24)/t16-/m1/s1. The molecule has 0 saturated carbocycles. The van der Waals surface area contributed by atoms with E-state index in [0.29, 0.717) is 10.8 Å². The molecular weight excluding hydrogens is 358 g/mol. The smallest absolute Gasteiger partial charge is 0.242 e. The third kappa shape index (κ3) is 5.23. The summed E-state index contributed by atoms with van der Waals surface area (Å²) in [6, 6.07) is 15.6. The van der Waals surface area contributed by atoms with E-state index >= 15 is 0 Å². The fraction of sp³-hybridized carbons (Fsp3) is 0.235. The molecule has 3 N–H and O–H groups in total. The highest BCUT2D eigenvalue weighted by Crippen LogP contribution is 2.18. The number of nitrogens with one attached hydrogen (secondary N) is 2. The molecule has 134 valence electrons. The topological polar surface area (TPSA) is 81.7 Å². The largest absolute Gasteiger partial charge is 0.387 e. The number of aliphatic hydroxyl groups excluding tert-OH is 1. The molecule has 0 aliphatic heterocycles. The van der Waals surface area contributed by atoms with E-state index < -0.39 is 16.1 Å². The van der Waals surface area contributed by atoms with Gasteiger partial charge in [0.05, 0.1) is 11.0 Å². The Morgan fingerprint density at radius 2 is 1.84 bits per heavy atom. The number of benzene rings is 2. The molecule has 25 heavy (non-hydrogen) atoms. The molecule has 0 amide bonds. The van der Waals surface area contributed by atoms with Crippen molar-refractivity contribution in [2.24, 2.45) is 0 Å². The number of hydrogen-bond acceptors (Lipinski definition) is 4. The van der Waals surface area contributed by atoms with Gasteiger partial charge in [0, 0.05) is 26.3 Å². The molecule has 0 heterocycles. The van der Waals surface area contributed by atoms with Gasteiger partial charge in [-0.25, -0.2) is 12.7 Å². The summed E-state index contributed by atoms with van der Waals surface area (Å²) in [5.41, 5.74) is 1.34. The highest BCUT2D eigenvalue weighted by Gasteiger charge is 2.17. The number of aliphatic hydroxyl groups is 1. The van der Waals surface area contributed by atoms with Gasteiger partial charge in [-0.05, 0) is 36.0 Å². The SMILES string of the molecule is CN(C)S(=O)(=O)c1cccc(NC(=S)NC[C@@H](O)c2ccccc2)c1. The number of anilines is 1. The first-order chi connectivity index (χ1) is 11.8. The second-order valence-electron chi connectivity index (χ2n) is 5.58. The van der Waals surface area contributed by atoms with Gasteiger partial charge in [-0.3, -0.25) is 0 Å². The van der Waals surface area contributed by atoms with Crippen LogP contribution in [-0.4, -0.2) is 43.6 Å². The fourth-order valence-electron chi connectivity index (χ4n) is 2.10. The lowest BCUT2D eigenvalue weighted by molar-refractivity contribution is 0.181. The van der Waals surface area contributed by atoms with Gasteiger partial charge in [0.15, 0.2) is 5.11 Å². The molecule has 0 bridgehead atoms. The predicted molar refractivity (Wildman–Crippen MR) is 103 cm³/mol. The van der Waals surface area contributed by atoms with Crippen LogP contribution in [-0.2, 0) is 10.0 Å². The molecule has 0 spiro atoms. The molecule has 6 nitrogen and oxygen atoms in total. The zero-order chi connectivity index (χ0) is 18.4. The number of nitrogens with zero attached hydrogens (tertiary/aromatic N) is 1. The number of rotatable bonds is 6. The van der Waals surface area contributed by atoms with E-state index in [-0.39, 0.29) is 11.4 Å². The summed E-state index contributed by atoms with van der Waals surface area (Å²) < 4.78 is 25.5. The number of sulfonamides is 1. The van der Waals surface area contributed by atoms with Crippen LogP contribution in [0.4, 0.5) is 5.69 Å². The van der Waals surface area contributed by atoms with E-state index in [1.165, 1.54) is 26.2 Å². The van der Waals surface area contributed by atoms with Gasteiger partial charge in [-0.15, -0.1) is 0 Å². The lowest BCUT2D eigenvalue weighted by Gasteiger charge is -2.16. The minimum atomic E-state index is -3.51. The van der Waals surface area contributed by atoms with E-state index in [0.717, 1.165) is 9.87 Å². The van der Waals surface area contributed by atoms with E-state index in [1.807, 2.05) is 30.3 Å². The summed E-state index contributed by atoms with van der Waals surface area (Å²) in [7, 11) is -0.550. The third-order valence-electron chi connectivity index (χ3n) is 3.51. The molecule has 0 radical (unpaired) electrons. The maximum absolute atomic E-state index is 12.2. The van der Waals surface area contributed by atoms with Crippen molar-refractivity contribution in [3.8, 4) is 0 Å². The Balaban J connectivity index is 1.97. The maximum atomic E-state index is 12.2. The normalized spacial score (nSPS) is 12.6. The minimum absolute atomic E-state index is 0.176. The van der Waals surface area contributed by atoms with E-state index in [1.54, 1.807) is 12.1 Å². The molecule has 0 unspecified atom stereocenters. The third-order valence-corrected chi connectivity index (χ3v) is 5.57. The molecule has 2 aromatic rings. The van der Waals surface area contributed by atoms with Gasteiger partial charge in [0.25, 0.3) is 0 Å². The van der Waals surface area contributed by atoms with E-state index in [4.69, 9.17) is 12.2 Å². The monoisotopic (exact) mass is 379 g/mol. The van der Waals surface area contributed by atoms with Crippen molar-refractivity contribution in [2.75, 3.05) is 26.0 Å². The van der Waals surface area contributed by atoms with Crippen LogP contribution in [0.15, 0.2) is 59.5 Å². The summed E-state index contributed by atoms with van der Waals surface area (Å²) >= 11 is 5.20. The fourth-order valence-corrected chi connectivity index (χ4v) is 3.25. The average Bonchev–Trinajstić information content (AvgIpc) is 2.60. The van der Waals surface area contributed by atoms with Crippen molar-refractivity contribution < 1.29 is 13.5 Å². The molecule has 0 aromatic heterocycles. The van der Waals surface area contributed by atoms with Crippen LogP contribution in [0.5, 0.6) is 0 Å². The van der Waals surface area contributed by atoms with Crippen molar-refractivity contribution in [2.45, 2.75) is 11.0 Å². The lowest BCUT2D eigenvalue weighted by atomic mass is 10.1. The van der Waals surface area contributed by atoms with Crippen LogP contribution < -0.4 is 10.6 Å². The summed E-state index contributed by atoms with van der Waals surface area (Å²) in [6.45, 7) is 0.242. The first kappa shape index (κ1) is 19.3. The quantitative estimate of drug-likeness (QED) is 0.666. The Labute approximate surface area is 153 Å². The Kier molecular flexibility index (Phi) is 6.49. The second-order valence-corrected chi connectivity index (χ2v) is 8.14. The van der Waals surface area contributed by atoms with Gasteiger partial charge < -0.3 is 15.7 Å². The van der Waals surface area contributed by atoms with Crippen LogP contribution in [0.1, 0.15) is 11.7 Å². The Morgan fingerprint density at radius 3 is 2.48 bits per heavy atom. The first-order valence-corrected chi connectivity index (χ1v) is 9.46. The van der Waals surface area contributed by atoms with Crippen molar-refractivity contribution >= 4 is 33.0 Å². The molecule has 0 aliphatic rings. The van der Waals surface area contributed by atoms with Crippen molar-refractivity contribution in [3.63, 3.8) is 0 Å². The van der Waals surface area contributed by atoms with Gasteiger partial charge in [-0.2, -0.15) is 0 Å². The zero-order valence-corrected chi connectivity index (χ0v) is 15.6. The molecule has 2 rings (SSSR count). The second kappa shape index (κ2) is 8.39. The van der Waals surface area contributed by atoms with Crippen molar-refractivity contribution in [3.05, 3.63) is 60.2 Å².